The summed E-state index contributed by atoms with van der Waals surface area (Å²) in [6.45, 7) is 9.12. The summed E-state index contributed by atoms with van der Waals surface area (Å²) >= 11 is 0. The summed E-state index contributed by atoms with van der Waals surface area (Å²) < 4.78 is 0. The SMILES string of the molecule is CCCC(CCC)C(=O)Nc1ccc2c(c1)N(C(=O)CCN1CCN(C)CC1)c1ccccc1CC2.Cl. The number of hydrogen-bond acceptors (Lipinski definition) is 4. The molecule has 2 amide bonds. The third-order valence-corrected chi connectivity index (χ3v) is 7.62. The van der Waals surface area contributed by atoms with Gasteiger partial charge in [-0.25, -0.2) is 0 Å². The highest BCUT2D eigenvalue weighted by Crippen LogP contribution is 2.38. The Morgan fingerprint density at radius 3 is 2.22 bits per heavy atom. The average Bonchev–Trinajstić information content (AvgIpc) is 3.04. The molecule has 4 rings (SSSR count). The predicted molar refractivity (Wildman–Crippen MR) is 155 cm³/mol. The minimum absolute atomic E-state index is 0. The maximum Gasteiger partial charge on any atom is 0.232 e. The number of rotatable bonds is 9. The first-order valence-corrected chi connectivity index (χ1v) is 13.8. The molecule has 0 saturated carbocycles. The summed E-state index contributed by atoms with van der Waals surface area (Å²) in [5, 5.41) is 3.16. The highest BCUT2D eigenvalue weighted by atomic mass is 35.5. The minimum Gasteiger partial charge on any atom is -0.326 e. The first-order chi connectivity index (χ1) is 17.5. The van der Waals surface area contributed by atoms with Gasteiger partial charge in [0.2, 0.25) is 11.8 Å². The van der Waals surface area contributed by atoms with Crippen molar-refractivity contribution in [3.05, 3.63) is 53.6 Å². The van der Waals surface area contributed by atoms with Crippen LogP contribution in [-0.2, 0) is 22.4 Å². The standard InChI is InChI=1S/C30H42N4O2.ClH/c1-4-8-25(9-5-2)30(36)31-26-15-14-24-13-12-23-10-6-7-11-27(23)34(28(24)22-26)29(35)16-17-33-20-18-32(3)19-21-33;/h6-7,10-11,14-15,22,25H,4-5,8-9,12-13,16-21H2,1-3H3,(H,31,36);1H. The first kappa shape index (κ1) is 29.2. The van der Waals surface area contributed by atoms with E-state index in [4.69, 9.17) is 0 Å². The normalized spacial score (nSPS) is 15.9. The molecule has 37 heavy (non-hydrogen) atoms. The second kappa shape index (κ2) is 13.9. The van der Waals surface area contributed by atoms with E-state index in [9.17, 15) is 9.59 Å². The number of piperazine rings is 1. The molecule has 1 fully saturated rings. The van der Waals surface area contributed by atoms with Crippen molar-refractivity contribution in [3.8, 4) is 0 Å². The maximum atomic E-state index is 13.8. The van der Waals surface area contributed by atoms with Crippen LogP contribution in [0.1, 0.15) is 57.1 Å². The van der Waals surface area contributed by atoms with Gasteiger partial charge in [0.1, 0.15) is 0 Å². The number of anilines is 3. The number of carbonyl (C=O) groups excluding carboxylic acids is 2. The van der Waals surface area contributed by atoms with Gasteiger partial charge in [-0.3, -0.25) is 14.5 Å². The fraction of sp³-hybridized carbons (Fsp3) is 0.533. The summed E-state index contributed by atoms with van der Waals surface area (Å²) in [6.07, 6.45) is 6.03. The molecule has 0 aliphatic carbocycles. The molecule has 2 heterocycles. The van der Waals surface area contributed by atoms with Crippen LogP contribution in [0, 0.1) is 5.92 Å². The molecule has 0 aromatic heterocycles. The molecule has 2 aromatic rings. The van der Waals surface area contributed by atoms with Crippen LogP contribution >= 0.6 is 12.4 Å². The Kier molecular flexibility index (Phi) is 11.0. The quantitative estimate of drug-likeness (QED) is 0.458. The lowest BCUT2D eigenvalue weighted by Gasteiger charge is -2.33. The average molecular weight is 527 g/mol. The fourth-order valence-electron chi connectivity index (χ4n) is 5.45. The number of hydrogen-bond donors (Lipinski definition) is 1. The summed E-state index contributed by atoms with van der Waals surface area (Å²) in [5.41, 5.74) is 4.99. The van der Waals surface area contributed by atoms with Crippen molar-refractivity contribution >= 4 is 41.3 Å². The van der Waals surface area contributed by atoms with Crippen LogP contribution in [-0.4, -0.2) is 61.4 Å². The van der Waals surface area contributed by atoms with Gasteiger partial charge in [-0.1, -0.05) is 51.0 Å². The molecule has 0 spiro atoms. The van der Waals surface area contributed by atoms with E-state index in [0.29, 0.717) is 6.42 Å². The number of para-hydroxylation sites is 1. The molecule has 0 radical (unpaired) electrons. The summed E-state index contributed by atoms with van der Waals surface area (Å²) in [5.74, 6) is 0.226. The lowest BCUT2D eigenvalue weighted by Crippen LogP contribution is -2.45. The Labute approximate surface area is 228 Å². The zero-order valence-electron chi connectivity index (χ0n) is 22.7. The van der Waals surface area contributed by atoms with Crippen LogP contribution < -0.4 is 10.2 Å². The van der Waals surface area contributed by atoms with E-state index in [-0.39, 0.29) is 30.1 Å². The Bertz CT molecular complexity index is 1050. The highest BCUT2D eigenvalue weighted by molar-refractivity contribution is 6.03. The third kappa shape index (κ3) is 7.34. The molecular weight excluding hydrogens is 484 g/mol. The number of halogens is 1. The van der Waals surface area contributed by atoms with Gasteiger partial charge in [-0.15, -0.1) is 12.4 Å². The molecule has 7 heteroatoms. The fourth-order valence-corrected chi connectivity index (χ4v) is 5.45. The summed E-state index contributed by atoms with van der Waals surface area (Å²) in [7, 11) is 2.15. The Hall–Kier alpha value is -2.41. The van der Waals surface area contributed by atoms with Crippen molar-refractivity contribution in [2.75, 3.05) is 50.0 Å². The lowest BCUT2D eigenvalue weighted by atomic mass is 9.97. The number of benzene rings is 2. The predicted octanol–water partition coefficient (Wildman–Crippen LogP) is 5.66. The minimum atomic E-state index is 0. The first-order valence-electron chi connectivity index (χ1n) is 13.8. The Morgan fingerprint density at radius 2 is 1.54 bits per heavy atom. The van der Waals surface area contributed by atoms with E-state index >= 15 is 0 Å². The van der Waals surface area contributed by atoms with Crippen molar-refractivity contribution in [2.45, 2.75) is 58.8 Å². The van der Waals surface area contributed by atoms with Crippen LogP contribution in [0.3, 0.4) is 0 Å². The van der Waals surface area contributed by atoms with E-state index in [1.54, 1.807) is 0 Å². The highest BCUT2D eigenvalue weighted by Gasteiger charge is 2.27. The van der Waals surface area contributed by atoms with E-state index < -0.39 is 0 Å². The zero-order chi connectivity index (χ0) is 25.5. The summed E-state index contributed by atoms with van der Waals surface area (Å²) in [4.78, 5) is 33.5. The van der Waals surface area contributed by atoms with Gasteiger partial charge in [-0.05, 0) is 62.1 Å². The van der Waals surface area contributed by atoms with Crippen molar-refractivity contribution in [1.29, 1.82) is 0 Å². The smallest absolute Gasteiger partial charge is 0.232 e. The van der Waals surface area contributed by atoms with E-state index in [1.807, 2.05) is 23.1 Å². The number of aryl methyl sites for hydroxylation is 2. The number of nitrogens with one attached hydrogen (secondary N) is 1. The van der Waals surface area contributed by atoms with Gasteiger partial charge in [0.25, 0.3) is 0 Å². The Morgan fingerprint density at radius 1 is 0.892 bits per heavy atom. The van der Waals surface area contributed by atoms with Crippen molar-refractivity contribution < 1.29 is 9.59 Å². The molecule has 0 atom stereocenters. The van der Waals surface area contributed by atoms with Gasteiger partial charge < -0.3 is 15.1 Å². The number of fused-ring (bicyclic) bond motifs is 2. The molecule has 202 valence electrons. The van der Waals surface area contributed by atoms with Gasteiger partial charge in [-0.2, -0.15) is 0 Å². The molecule has 1 saturated heterocycles. The molecule has 6 nitrogen and oxygen atoms in total. The third-order valence-electron chi connectivity index (χ3n) is 7.62. The van der Waals surface area contributed by atoms with Gasteiger partial charge >= 0.3 is 0 Å². The second-order valence-corrected chi connectivity index (χ2v) is 10.4. The van der Waals surface area contributed by atoms with Gasteiger partial charge in [0.15, 0.2) is 0 Å². The number of likely N-dealkylation sites (N-methyl/N-ethyl adjacent to an activating group) is 1. The van der Waals surface area contributed by atoms with Crippen LogP contribution in [0.2, 0.25) is 0 Å². The topological polar surface area (TPSA) is 55.9 Å². The monoisotopic (exact) mass is 526 g/mol. The summed E-state index contributed by atoms with van der Waals surface area (Å²) in [6, 6.07) is 14.3. The number of amides is 2. The van der Waals surface area contributed by atoms with Crippen molar-refractivity contribution in [2.24, 2.45) is 5.92 Å². The van der Waals surface area contributed by atoms with Crippen LogP contribution in [0.5, 0.6) is 0 Å². The molecular formula is C30H43ClN4O2. The molecule has 2 aliphatic heterocycles. The van der Waals surface area contributed by atoms with Crippen LogP contribution in [0.25, 0.3) is 0 Å². The van der Waals surface area contributed by atoms with Gasteiger partial charge in [0.05, 0.1) is 11.4 Å². The van der Waals surface area contributed by atoms with E-state index in [0.717, 1.165) is 93.9 Å². The molecule has 2 aromatic carbocycles. The van der Waals surface area contributed by atoms with E-state index in [2.05, 4.69) is 60.3 Å². The van der Waals surface area contributed by atoms with Crippen LogP contribution in [0.4, 0.5) is 17.1 Å². The molecule has 0 unspecified atom stereocenters. The number of carbonyl (C=O) groups is 2. The van der Waals surface area contributed by atoms with E-state index in [1.165, 1.54) is 5.56 Å². The largest absolute Gasteiger partial charge is 0.326 e. The molecule has 0 bridgehead atoms. The lowest BCUT2D eigenvalue weighted by molar-refractivity contribution is -0.120. The number of nitrogens with zero attached hydrogens (tertiary/aromatic N) is 3. The van der Waals surface area contributed by atoms with Gasteiger partial charge in [0, 0.05) is 50.7 Å². The molecule has 2 aliphatic rings. The Balaban J connectivity index is 0.00000380. The molecule has 1 N–H and O–H groups in total. The van der Waals surface area contributed by atoms with Crippen molar-refractivity contribution in [3.63, 3.8) is 0 Å². The second-order valence-electron chi connectivity index (χ2n) is 10.4. The van der Waals surface area contributed by atoms with Crippen LogP contribution in [0.15, 0.2) is 42.5 Å². The zero-order valence-corrected chi connectivity index (χ0v) is 23.5. The maximum absolute atomic E-state index is 13.8. The van der Waals surface area contributed by atoms with Crippen molar-refractivity contribution in [1.82, 2.24) is 9.80 Å².